The van der Waals surface area contributed by atoms with Crippen molar-refractivity contribution in [2.45, 2.75) is 59.3 Å². The van der Waals surface area contributed by atoms with Gasteiger partial charge in [-0.25, -0.2) is 0 Å². The zero-order valence-electron chi connectivity index (χ0n) is 12.9. The van der Waals surface area contributed by atoms with Gasteiger partial charge in [-0.05, 0) is 32.4 Å². The van der Waals surface area contributed by atoms with Crippen LogP contribution in [-0.2, 0) is 9.09 Å². The van der Waals surface area contributed by atoms with E-state index in [1.54, 1.807) is 0 Å². The first-order chi connectivity index (χ1) is 9.05. The lowest BCUT2D eigenvalue weighted by Gasteiger charge is -2.23. The van der Waals surface area contributed by atoms with Gasteiger partial charge in [0.15, 0.2) is 0 Å². The van der Waals surface area contributed by atoms with Crippen LogP contribution in [0, 0.1) is 0 Å². The van der Waals surface area contributed by atoms with E-state index in [4.69, 9.17) is 4.52 Å². The lowest BCUT2D eigenvalue weighted by Crippen LogP contribution is -2.29. The normalized spacial score (nSPS) is 14.8. The maximum Gasteiger partial charge on any atom is 0.329 e. The highest BCUT2D eigenvalue weighted by molar-refractivity contribution is 7.52. The Morgan fingerprint density at radius 3 is 1.95 bits per heavy atom. The van der Waals surface area contributed by atoms with Crippen LogP contribution in [0.15, 0.2) is 0 Å². The predicted octanol–water partition coefficient (Wildman–Crippen LogP) is 3.89. The Balaban J connectivity index is 4.01. The van der Waals surface area contributed by atoms with Crippen LogP contribution in [0.4, 0.5) is 0 Å². The van der Waals surface area contributed by atoms with Crippen molar-refractivity contribution in [3.05, 3.63) is 0 Å². The molecule has 0 aromatic carbocycles. The molecule has 0 saturated heterocycles. The summed E-state index contributed by atoms with van der Waals surface area (Å²) < 4.78 is 17.0. The van der Waals surface area contributed by atoms with E-state index in [9.17, 15) is 9.46 Å². The molecule has 4 nitrogen and oxygen atoms in total. The number of hydrogen-bond acceptors (Lipinski definition) is 3. The van der Waals surface area contributed by atoms with Crippen molar-refractivity contribution >= 4 is 7.60 Å². The largest absolute Gasteiger partial charge is 0.329 e. The van der Waals surface area contributed by atoms with E-state index in [-0.39, 0.29) is 6.16 Å². The molecular weight excluding hydrogens is 261 g/mol. The van der Waals surface area contributed by atoms with Crippen molar-refractivity contribution in [1.82, 2.24) is 4.90 Å². The van der Waals surface area contributed by atoms with Crippen LogP contribution in [0.5, 0.6) is 0 Å². The molecule has 5 heteroatoms. The van der Waals surface area contributed by atoms with Crippen LogP contribution in [0.1, 0.15) is 59.3 Å². The lowest BCUT2D eigenvalue weighted by molar-refractivity contribution is 0.239. The van der Waals surface area contributed by atoms with E-state index in [2.05, 4.69) is 18.7 Å². The number of rotatable bonds is 13. The van der Waals surface area contributed by atoms with Crippen LogP contribution in [0.2, 0.25) is 0 Å². The average Bonchev–Trinajstić information content (AvgIpc) is 2.38. The first-order valence-electron chi connectivity index (χ1n) is 7.74. The molecule has 0 aliphatic rings. The summed E-state index contributed by atoms with van der Waals surface area (Å²) >= 11 is 0. The quantitative estimate of drug-likeness (QED) is 0.413. The van der Waals surface area contributed by atoms with Gasteiger partial charge in [-0.15, -0.1) is 0 Å². The summed E-state index contributed by atoms with van der Waals surface area (Å²) in [5.41, 5.74) is 0. The Bertz CT molecular complexity index is 241. The first kappa shape index (κ1) is 19.1. The standard InChI is InChI=1S/C14H32NO3P/c1-4-7-10-15(11-8-5-2)12-14-19(16,17)18-13-9-6-3/h4-14H2,1-3H3,(H,16,17). The molecule has 19 heavy (non-hydrogen) atoms. The van der Waals surface area contributed by atoms with Crippen molar-refractivity contribution in [3.63, 3.8) is 0 Å². The molecule has 0 fully saturated rings. The van der Waals surface area contributed by atoms with Gasteiger partial charge in [0.05, 0.1) is 12.8 Å². The molecule has 0 radical (unpaired) electrons. The van der Waals surface area contributed by atoms with Crippen LogP contribution in [0.3, 0.4) is 0 Å². The van der Waals surface area contributed by atoms with Gasteiger partial charge in [0.25, 0.3) is 0 Å². The summed E-state index contributed by atoms with van der Waals surface area (Å²) in [4.78, 5) is 12.0. The number of unbranched alkanes of at least 4 members (excludes halogenated alkanes) is 3. The summed E-state index contributed by atoms with van der Waals surface area (Å²) in [5.74, 6) is 0. The summed E-state index contributed by atoms with van der Waals surface area (Å²) in [6.45, 7) is 9.49. The number of hydrogen-bond donors (Lipinski definition) is 1. The minimum Gasteiger partial charge on any atom is -0.324 e. The third-order valence-corrected chi connectivity index (χ3v) is 4.50. The van der Waals surface area contributed by atoms with Crippen molar-refractivity contribution < 1.29 is 14.0 Å². The first-order valence-corrected chi connectivity index (χ1v) is 9.50. The second-order valence-corrected chi connectivity index (χ2v) is 7.08. The maximum absolute atomic E-state index is 11.8. The fraction of sp³-hybridized carbons (Fsp3) is 1.00. The molecule has 0 bridgehead atoms. The fourth-order valence-electron chi connectivity index (χ4n) is 1.78. The lowest BCUT2D eigenvalue weighted by atomic mass is 10.2. The summed E-state index contributed by atoms with van der Waals surface area (Å²) in [6.07, 6.45) is 6.70. The third kappa shape index (κ3) is 11.6. The fourth-order valence-corrected chi connectivity index (χ4v) is 2.86. The molecule has 0 spiro atoms. The Morgan fingerprint density at radius 2 is 1.47 bits per heavy atom. The van der Waals surface area contributed by atoms with E-state index in [1.165, 1.54) is 0 Å². The van der Waals surface area contributed by atoms with Crippen molar-refractivity contribution in [1.29, 1.82) is 0 Å². The Morgan fingerprint density at radius 1 is 0.947 bits per heavy atom. The van der Waals surface area contributed by atoms with E-state index >= 15 is 0 Å². The van der Waals surface area contributed by atoms with Gasteiger partial charge >= 0.3 is 7.60 Å². The van der Waals surface area contributed by atoms with E-state index < -0.39 is 7.60 Å². The van der Waals surface area contributed by atoms with Crippen molar-refractivity contribution in [2.75, 3.05) is 32.4 Å². The minimum absolute atomic E-state index is 0.254. The van der Waals surface area contributed by atoms with Gasteiger partial charge in [-0.2, -0.15) is 0 Å². The van der Waals surface area contributed by atoms with Gasteiger partial charge < -0.3 is 14.3 Å². The van der Waals surface area contributed by atoms with E-state index in [0.29, 0.717) is 13.2 Å². The van der Waals surface area contributed by atoms with Crippen molar-refractivity contribution in [3.8, 4) is 0 Å². The third-order valence-electron chi connectivity index (χ3n) is 3.15. The molecule has 116 valence electrons. The SMILES string of the molecule is CCCCOP(=O)(O)CCN(CCCC)CCCC. The number of nitrogens with zero attached hydrogens (tertiary/aromatic N) is 1. The molecule has 0 rings (SSSR count). The summed E-state index contributed by atoms with van der Waals surface area (Å²) in [7, 11) is -3.38. The average molecular weight is 293 g/mol. The van der Waals surface area contributed by atoms with Crippen LogP contribution in [0.25, 0.3) is 0 Å². The highest BCUT2D eigenvalue weighted by Crippen LogP contribution is 2.41. The molecule has 0 amide bonds. The maximum atomic E-state index is 11.8. The van der Waals surface area contributed by atoms with Gasteiger partial charge in [0.1, 0.15) is 0 Å². The Kier molecular flexibility index (Phi) is 12.0. The topological polar surface area (TPSA) is 49.8 Å². The second-order valence-electron chi connectivity index (χ2n) is 5.10. The van der Waals surface area contributed by atoms with Crippen LogP contribution in [-0.4, -0.2) is 42.2 Å². The van der Waals surface area contributed by atoms with Gasteiger partial charge in [0, 0.05) is 6.54 Å². The zero-order valence-corrected chi connectivity index (χ0v) is 13.8. The van der Waals surface area contributed by atoms with Crippen LogP contribution < -0.4 is 0 Å². The molecule has 1 N–H and O–H groups in total. The second kappa shape index (κ2) is 11.9. The van der Waals surface area contributed by atoms with Crippen molar-refractivity contribution in [2.24, 2.45) is 0 Å². The van der Waals surface area contributed by atoms with Gasteiger partial charge in [-0.1, -0.05) is 40.0 Å². The summed E-state index contributed by atoms with van der Waals surface area (Å²) in [5, 5.41) is 0. The van der Waals surface area contributed by atoms with E-state index in [0.717, 1.165) is 51.6 Å². The van der Waals surface area contributed by atoms with Crippen LogP contribution >= 0.6 is 7.60 Å². The zero-order chi connectivity index (χ0) is 14.6. The molecule has 0 heterocycles. The van der Waals surface area contributed by atoms with Gasteiger partial charge in [-0.3, -0.25) is 4.57 Å². The molecular formula is C14H32NO3P. The molecule has 0 aromatic heterocycles. The Hall–Kier alpha value is 0.110. The summed E-state index contributed by atoms with van der Waals surface area (Å²) in [6, 6.07) is 0. The molecule has 0 saturated carbocycles. The smallest absolute Gasteiger partial charge is 0.324 e. The monoisotopic (exact) mass is 293 g/mol. The highest BCUT2D eigenvalue weighted by atomic mass is 31.2. The minimum atomic E-state index is -3.38. The Labute approximate surface area is 119 Å². The molecule has 0 aliphatic carbocycles. The molecule has 0 aromatic rings. The molecule has 1 atom stereocenters. The molecule has 0 aliphatic heterocycles. The molecule has 1 unspecified atom stereocenters. The highest BCUT2D eigenvalue weighted by Gasteiger charge is 2.20. The van der Waals surface area contributed by atoms with Gasteiger partial charge in [0.2, 0.25) is 0 Å². The van der Waals surface area contributed by atoms with E-state index in [1.807, 2.05) is 6.92 Å². The predicted molar refractivity (Wildman–Crippen MR) is 81.8 cm³/mol.